The van der Waals surface area contributed by atoms with E-state index in [4.69, 9.17) is 10.2 Å². The van der Waals surface area contributed by atoms with Gasteiger partial charge < -0.3 is 15.5 Å². The van der Waals surface area contributed by atoms with Crippen molar-refractivity contribution in [1.29, 1.82) is 0 Å². The zero-order valence-electron chi connectivity index (χ0n) is 12.5. The van der Waals surface area contributed by atoms with E-state index in [0.29, 0.717) is 16.8 Å². The second-order valence-electron chi connectivity index (χ2n) is 5.89. The average Bonchev–Trinajstić information content (AvgIpc) is 2.77. The van der Waals surface area contributed by atoms with Gasteiger partial charge in [0.2, 0.25) is 5.91 Å². The van der Waals surface area contributed by atoms with Gasteiger partial charge >= 0.3 is 0 Å². The second kappa shape index (κ2) is 5.48. The molecule has 0 aliphatic heterocycles. The van der Waals surface area contributed by atoms with Gasteiger partial charge in [-0.15, -0.1) is 0 Å². The first-order valence-electron chi connectivity index (χ1n) is 6.56. The standard InChI is InChI=1S/C14H19N3O3S/c1-8(12(18)17-14(2,3)4)21(19)13-16-10-6-5-9(15)7-11(10)20-13/h5-8H,15H2,1-4H3,(H,17,18). The molecule has 1 heterocycles. The summed E-state index contributed by atoms with van der Waals surface area (Å²) in [6.07, 6.45) is 0. The Kier molecular flexibility index (Phi) is 4.04. The molecule has 2 unspecified atom stereocenters. The average molecular weight is 309 g/mol. The van der Waals surface area contributed by atoms with Crippen molar-refractivity contribution in [3.8, 4) is 0 Å². The number of anilines is 1. The fourth-order valence-corrected chi connectivity index (χ4v) is 2.64. The van der Waals surface area contributed by atoms with Crippen molar-refractivity contribution in [2.45, 2.75) is 43.7 Å². The van der Waals surface area contributed by atoms with Gasteiger partial charge in [0.1, 0.15) is 21.6 Å². The van der Waals surface area contributed by atoms with E-state index in [1.54, 1.807) is 25.1 Å². The molecule has 1 amide bonds. The summed E-state index contributed by atoms with van der Waals surface area (Å²) in [4.78, 5) is 16.2. The molecule has 0 spiro atoms. The number of rotatable bonds is 3. The third kappa shape index (κ3) is 3.60. The molecule has 0 aliphatic carbocycles. The first-order chi connectivity index (χ1) is 9.67. The molecule has 0 saturated carbocycles. The highest BCUT2D eigenvalue weighted by molar-refractivity contribution is 7.86. The number of nitrogens with one attached hydrogen (secondary N) is 1. The van der Waals surface area contributed by atoms with Crippen molar-refractivity contribution in [1.82, 2.24) is 10.3 Å². The van der Waals surface area contributed by atoms with Crippen LogP contribution in [0.2, 0.25) is 0 Å². The summed E-state index contributed by atoms with van der Waals surface area (Å²) in [6.45, 7) is 7.18. The van der Waals surface area contributed by atoms with Gasteiger partial charge in [-0.2, -0.15) is 0 Å². The van der Waals surface area contributed by atoms with Gasteiger partial charge in [-0.25, -0.2) is 9.19 Å². The summed E-state index contributed by atoms with van der Waals surface area (Å²) in [5.74, 6) is -0.303. The lowest BCUT2D eigenvalue weighted by Crippen LogP contribution is -2.46. The van der Waals surface area contributed by atoms with Crippen LogP contribution >= 0.6 is 0 Å². The van der Waals surface area contributed by atoms with E-state index in [1.807, 2.05) is 20.8 Å². The maximum atomic E-state index is 12.4. The number of oxazole rings is 1. The Morgan fingerprint density at radius 2 is 2.10 bits per heavy atom. The molecule has 0 saturated heterocycles. The molecular weight excluding hydrogens is 290 g/mol. The zero-order chi connectivity index (χ0) is 15.8. The molecule has 2 rings (SSSR count). The number of hydrogen-bond donors (Lipinski definition) is 2. The predicted molar refractivity (Wildman–Crippen MR) is 82.2 cm³/mol. The molecule has 0 bridgehead atoms. The Morgan fingerprint density at radius 1 is 1.43 bits per heavy atom. The lowest BCUT2D eigenvalue weighted by atomic mass is 10.1. The molecule has 7 heteroatoms. The fourth-order valence-electron chi connectivity index (χ4n) is 1.73. The highest BCUT2D eigenvalue weighted by atomic mass is 32.2. The van der Waals surface area contributed by atoms with E-state index in [0.717, 1.165) is 0 Å². The largest absolute Gasteiger partial charge is 0.430 e. The van der Waals surface area contributed by atoms with E-state index in [1.165, 1.54) is 0 Å². The number of carbonyl (C=O) groups is 1. The summed E-state index contributed by atoms with van der Waals surface area (Å²) in [7, 11) is -1.66. The van der Waals surface area contributed by atoms with E-state index >= 15 is 0 Å². The van der Waals surface area contributed by atoms with Crippen molar-refractivity contribution in [3.63, 3.8) is 0 Å². The summed E-state index contributed by atoms with van der Waals surface area (Å²) >= 11 is 0. The number of nitrogens with zero attached hydrogens (tertiary/aromatic N) is 1. The van der Waals surface area contributed by atoms with Crippen LogP contribution in [0.3, 0.4) is 0 Å². The lowest BCUT2D eigenvalue weighted by molar-refractivity contribution is -0.121. The van der Waals surface area contributed by atoms with E-state index in [-0.39, 0.29) is 16.7 Å². The zero-order valence-corrected chi connectivity index (χ0v) is 13.3. The molecule has 114 valence electrons. The number of nitrogen functional groups attached to an aromatic ring is 1. The van der Waals surface area contributed by atoms with Gasteiger partial charge in [-0.3, -0.25) is 4.79 Å². The number of benzene rings is 1. The maximum Gasteiger partial charge on any atom is 0.288 e. The van der Waals surface area contributed by atoms with Crippen LogP contribution in [0.15, 0.2) is 27.8 Å². The molecule has 2 aromatic rings. The smallest absolute Gasteiger partial charge is 0.288 e. The van der Waals surface area contributed by atoms with Crippen LogP contribution in [0.4, 0.5) is 5.69 Å². The Bertz CT molecular complexity index is 703. The molecule has 1 aromatic carbocycles. The van der Waals surface area contributed by atoms with Gasteiger partial charge in [-0.1, -0.05) is 0 Å². The summed E-state index contributed by atoms with van der Waals surface area (Å²) in [5, 5.41) is 2.07. The SMILES string of the molecule is CC(C(=O)NC(C)(C)C)S(=O)c1nc2ccc(N)cc2o1. The molecule has 21 heavy (non-hydrogen) atoms. The minimum atomic E-state index is -1.66. The first kappa shape index (κ1) is 15.5. The molecule has 2 atom stereocenters. The van der Waals surface area contributed by atoms with Gasteiger partial charge in [0.25, 0.3) is 5.22 Å². The molecule has 1 aromatic heterocycles. The van der Waals surface area contributed by atoms with Crippen molar-refractivity contribution >= 4 is 33.5 Å². The third-order valence-electron chi connectivity index (χ3n) is 2.75. The molecule has 3 N–H and O–H groups in total. The number of fused-ring (bicyclic) bond motifs is 1. The van der Waals surface area contributed by atoms with Crippen LogP contribution in [0.25, 0.3) is 11.1 Å². The highest BCUT2D eigenvalue weighted by Crippen LogP contribution is 2.21. The van der Waals surface area contributed by atoms with Crippen LogP contribution in [-0.4, -0.2) is 25.9 Å². The molecule has 6 nitrogen and oxygen atoms in total. The molecule has 0 fully saturated rings. The second-order valence-corrected chi connectivity index (χ2v) is 7.54. The topological polar surface area (TPSA) is 98.2 Å². The molecular formula is C14H19N3O3S. The third-order valence-corrected chi connectivity index (χ3v) is 4.13. The van der Waals surface area contributed by atoms with E-state index in [9.17, 15) is 9.00 Å². The molecule has 0 aliphatic rings. The lowest BCUT2D eigenvalue weighted by Gasteiger charge is -2.22. The maximum absolute atomic E-state index is 12.4. The summed E-state index contributed by atoms with van der Waals surface area (Å²) < 4.78 is 17.8. The quantitative estimate of drug-likeness (QED) is 0.843. The summed E-state index contributed by atoms with van der Waals surface area (Å²) in [6, 6.07) is 4.99. The summed E-state index contributed by atoms with van der Waals surface area (Å²) in [5.41, 5.74) is 6.84. The van der Waals surface area contributed by atoms with Crippen LogP contribution in [0.5, 0.6) is 0 Å². The van der Waals surface area contributed by atoms with Gasteiger partial charge in [-0.05, 0) is 39.8 Å². The Balaban J connectivity index is 2.23. The van der Waals surface area contributed by atoms with Gasteiger partial charge in [0, 0.05) is 17.3 Å². The van der Waals surface area contributed by atoms with Crippen LogP contribution in [-0.2, 0) is 15.6 Å². The number of aromatic nitrogens is 1. The normalized spacial score (nSPS) is 14.9. The van der Waals surface area contributed by atoms with Crippen molar-refractivity contribution in [2.75, 3.05) is 5.73 Å². The van der Waals surface area contributed by atoms with E-state index < -0.39 is 16.0 Å². The van der Waals surface area contributed by atoms with Crippen LogP contribution in [0, 0.1) is 0 Å². The van der Waals surface area contributed by atoms with E-state index in [2.05, 4.69) is 10.3 Å². The monoisotopic (exact) mass is 309 g/mol. The minimum absolute atomic E-state index is 0.0344. The predicted octanol–water partition coefficient (Wildman–Crippen LogP) is 1.82. The van der Waals surface area contributed by atoms with Crippen LogP contribution < -0.4 is 11.1 Å². The molecule has 0 radical (unpaired) electrons. The Morgan fingerprint density at radius 3 is 2.71 bits per heavy atom. The van der Waals surface area contributed by atoms with Gasteiger partial charge in [0.15, 0.2) is 5.58 Å². The van der Waals surface area contributed by atoms with Crippen molar-refractivity contribution < 1.29 is 13.4 Å². The fraction of sp³-hybridized carbons (Fsp3) is 0.429. The van der Waals surface area contributed by atoms with Crippen molar-refractivity contribution in [2.24, 2.45) is 0 Å². The number of hydrogen-bond acceptors (Lipinski definition) is 5. The van der Waals surface area contributed by atoms with Crippen molar-refractivity contribution in [3.05, 3.63) is 18.2 Å². The first-order valence-corrected chi connectivity index (χ1v) is 7.77. The number of amides is 1. The number of carbonyl (C=O) groups excluding carboxylic acids is 1. The van der Waals surface area contributed by atoms with Crippen LogP contribution in [0.1, 0.15) is 27.7 Å². The highest BCUT2D eigenvalue weighted by Gasteiger charge is 2.28. The minimum Gasteiger partial charge on any atom is -0.430 e. The Labute approximate surface area is 125 Å². The number of nitrogens with two attached hydrogens (primary N) is 1. The van der Waals surface area contributed by atoms with Gasteiger partial charge in [0.05, 0.1) is 0 Å². The Hall–Kier alpha value is -1.89.